The maximum absolute atomic E-state index is 11.4. The Labute approximate surface area is 127 Å². The molecule has 0 aliphatic heterocycles. The summed E-state index contributed by atoms with van der Waals surface area (Å²) >= 11 is 5.96. The SMILES string of the molecule is COc1ccc(Cl)cc1COc1ccc(N)cc1C(N)=O. The van der Waals surface area contributed by atoms with E-state index in [0.717, 1.165) is 5.56 Å². The zero-order valence-corrected chi connectivity index (χ0v) is 12.2. The number of primary amides is 1. The smallest absolute Gasteiger partial charge is 0.252 e. The van der Waals surface area contributed by atoms with Crippen LogP contribution in [0.4, 0.5) is 5.69 Å². The van der Waals surface area contributed by atoms with Gasteiger partial charge in [-0.1, -0.05) is 11.6 Å². The van der Waals surface area contributed by atoms with Gasteiger partial charge in [-0.2, -0.15) is 0 Å². The van der Waals surface area contributed by atoms with Crippen molar-refractivity contribution in [2.24, 2.45) is 5.73 Å². The quantitative estimate of drug-likeness (QED) is 0.831. The molecule has 0 aromatic heterocycles. The van der Waals surface area contributed by atoms with E-state index < -0.39 is 5.91 Å². The van der Waals surface area contributed by atoms with Crippen LogP contribution in [0.2, 0.25) is 5.02 Å². The molecule has 0 unspecified atom stereocenters. The Morgan fingerprint density at radius 3 is 2.57 bits per heavy atom. The molecule has 0 bridgehead atoms. The highest BCUT2D eigenvalue weighted by molar-refractivity contribution is 6.30. The molecule has 0 atom stereocenters. The van der Waals surface area contributed by atoms with E-state index in [1.165, 1.54) is 6.07 Å². The first-order chi connectivity index (χ1) is 10.0. The highest BCUT2D eigenvalue weighted by Gasteiger charge is 2.11. The summed E-state index contributed by atoms with van der Waals surface area (Å²) in [5, 5.41) is 0.571. The van der Waals surface area contributed by atoms with Gasteiger partial charge in [0.25, 0.3) is 5.91 Å². The number of halogens is 1. The summed E-state index contributed by atoms with van der Waals surface area (Å²) < 4.78 is 10.9. The number of amides is 1. The molecule has 1 amide bonds. The van der Waals surface area contributed by atoms with Crippen LogP contribution in [0.25, 0.3) is 0 Å². The molecule has 0 aliphatic rings. The lowest BCUT2D eigenvalue weighted by Crippen LogP contribution is -2.13. The van der Waals surface area contributed by atoms with Crippen molar-refractivity contribution in [3.8, 4) is 11.5 Å². The number of anilines is 1. The number of nitrogen functional groups attached to an aromatic ring is 1. The lowest BCUT2D eigenvalue weighted by atomic mass is 10.1. The summed E-state index contributed by atoms with van der Waals surface area (Å²) in [6.07, 6.45) is 0. The molecule has 0 saturated carbocycles. The van der Waals surface area contributed by atoms with Crippen LogP contribution in [0.1, 0.15) is 15.9 Å². The third kappa shape index (κ3) is 3.58. The Hall–Kier alpha value is -2.40. The van der Waals surface area contributed by atoms with Gasteiger partial charge in [0.2, 0.25) is 0 Å². The first-order valence-corrected chi connectivity index (χ1v) is 6.53. The zero-order valence-electron chi connectivity index (χ0n) is 11.4. The van der Waals surface area contributed by atoms with Crippen molar-refractivity contribution >= 4 is 23.2 Å². The Bertz CT molecular complexity index is 674. The van der Waals surface area contributed by atoms with Crippen LogP contribution in [0.15, 0.2) is 36.4 Å². The fraction of sp³-hybridized carbons (Fsp3) is 0.133. The topological polar surface area (TPSA) is 87.6 Å². The molecule has 4 N–H and O–H groups in total. The summed E-state index contributed by atoms with van der Waals surface area (Å²) in [6, 6.07) is 9.93. The second kappa shape index (κ2) is 6.37. The molecule has 0 heterocycles. The molecular weight excluding hydrogens is 292 g/mol. The molecular formula is C15H15ClN2O3. The molecule has 110 valence electrons. The van der Waals surface area contributed by atoms with Crippen molar-refractivity contribution in [1.29, 1.82) is 0 Å². The Kier molecular flexibility index (Phi) is 4.55. The Morgan fingerprint density at radius 2 is 1.90 bits per heavy atom. The fourth-order valence-corrected chi connectivity index (χ4v) is 2.08. The van der Waals surface area contributed by atoms with Gasteiger partial charge in [-0.15, -0.1) is 0 Å². The maximum atomic E-state index is 11.4. The number of hydrogen-bond acceptors (Lipinski definition) is 4. The van der Waals surface area contributed by atoms with Gasteiger partial charge >= 0.3 is 0 Å². The summed E-state index contributed by atoms with van der Waals surface area (Å²) in [5.41, 5.74) is 12.4. The van der Waals surface area contributed by atoms with Gasteiger partial charge in [0.15, 0.2) is 0 Å². The number of benzene rings is 2. The molecule has 2 aromatic rings. The molecule has 0 fully saturated rings. The number of nitrogens with two attached hydrogens (primary N) is 2. The van der Waals surface area contributed by atoms with E-state index >= 15 is 0 Å². The van der Waals surface area contributed by atoms with Crippen LogP contribution >= 0.6 is 11.6 Å². The van der Waals surface area contributed by atoms with Gasteiger partial charge in [-0.05, 0) is 36.4 Å². The Balaban J connectivity index is 2.24. The highest BCUT2D eigenvalue weighted by atomic mass is 35.5. The van der Waals surface area contributed by atoms with Gasteiger partial charge < -0.3 is 20.9 Å². The highest BCUT2D eigenvalue weighted by Crippen LogP contribution is 2.26. The summed E-state index contributed by atoms with van der Waals surface area (Å²) in [6.45, 7) is 0.188. The predicted molar refractivity (Wildman–Crippen MR) is 81.7 cm³/mol. The maximum Gasteiger partial charge on any atom is 0.252 e. The van der Waals surface area contributed by atoms with E-state index in [0.29, 0.717) is 22.2 Å². The third-order valence-electron chi connectivity index (χ3n) is 2.89. The van der Waals surface area contributed by atoms with Gasteiger partial charge in [0.1, 0.15) is 18.1 Å². The average molecular weight is 307 g/mol. The number of hydrogen-bond donors (Lipinski definition) is 2. The molecule has 2 rings (SSSR count). The number of rotatable bonds is 5. The molecule has 0 saturated heterocycles. The van der Waals surface area contributed by atoms with E-state index in [1.807, 2.05) is 0 Å². The van der Waals surface area contributed by atoms with Crippen LogP contribution < -0.4 is 20.9 Å². The van der Waals surface area contributed by atoms with E-state index in [4.69, 9.17) is 32.5 Å². The normalized spacial score (nSPS) is 10.2. The molecule has 0 spiro atoms. The van der Waals surface area contributed by atoms with Crippen molar-refractivity contribution in [1.82, 2.24) is 0 Å². The van der Waals surface area contributed by atoms with E-state index in [-0.39, 0.29) is 12.2 Å². The summed E-state index contributed by atoms with van der Waals surface area (Å²) in [4.78, 5) is 11.4. The Morgan fingerprint density at radius 1 is 1.19 bits per heavy atom. The van der Waals surface area contributed by atoms with E-state index in [2.05, 4.69) is 0 Å². The summed E-state index contributed by atoms with van der Waals surface area (Å²) in [5.74, 6) is 0.407. The van der Waals surface area contributed by atoms with Gasteiger partial charge in [-0.3, -0.25) is 4.79 Å². The van der Waals surface area contributed by atoms with Crippen molar-refractivity contribution in [2.75, 3.05) is 12.8 Å². The molecule has 2 aromatic carbocycles. The lowest BCUT2D eigenvalue weighted by molar-refractivity contribution is 0.0996. The standard InChI is InChI=1S/C15H15ClN2O3/c1-20-13-4-2-10(16)6-9(13)8-21-14-5-3-11(17)7-12(14)15(18)19/h2-7H,8,17H2,1H3,(H2,18,19). The third-order valence-corrected chi connectivity index (χ3v) is 3.13. The average Bonchev–Trinajstić information content (AvgIpc) is 2.46. The summed E-state index contributed by atoms with van der Waals surface area (Å²) in [7, 11) is 1.56. The molecule has 0 aliphatic carbocycles. The van der Waals surface area contributed by atoms with Gasteiger partial charge in [0.05, 0.1) is 12.7 Å². The van der Waals surface area contributed by atoms with E-state index in [9.17, 15) is 4.79 Å². The zero-order chi connectivity index (χ0) is 15.4. The van der Waals surface area contributed by atoms with Gasteiger partial charge in [0, 0.05) is 16.3 Å². The van der Waals surface area contributed by atoms with Crippen LogP contribution in [-0.4, -0.2) is 13.0 Å². The number of ether oxygens (including phenoxy) is 2. The minimum Gasteiger partial charge on any atom is -0.496 e. The monoisotopic (exact) mass is 306 g/mol. The second-order valence-electron chi connectivity index (χ2n) is 4.36. The van der Waals surface area contributed by atoms with Crippen LogP contribution in [0.3, 0.4) is 0 Å². The van der Waals surface area contributed by atoms with Gasteiger partial charge in [-0.25, -0.2) is 0 Å². The van der Waals surface area contributed by atoms with Crippen molar-refractivity contribution in [2.45, 2.75) is 6.61 Å². The number of carbonyl (C=O) groups is 1. The fourth-order valence-electron chi connectivity index (χ4n) is 1.88. The minimum absolute atomic E-state index is 0.188. The molecule has 6 heteroatoms. The molecule has 21 heavy (non-hydrogen) atoms. The predicted octanol–water partition coefficient (Wildman–Crippen LogP) is 2.61. The largest absolute Gasteiger partial charge is 0.496 e. The second-order valence-corrected chi connectivity index (χ2v) is 4.80. The molecule has 5 nitrogen and oxygen atoms in total. The van der Waals surface area contributed by atoms with Crippen molar-refractivity contribution < 1.29 is 14.3 Å². The number of carbonyl (C=O) groups excluding carboxylic acids is 1. The first kappa shape index (κ1) is 15.0. The lowest BCUT2D eigenvalue weighted by Gasteiger charge is -2.13. The minimum atomic E-state index is -0.602. The van der Waals surface area contributed by atoms with E-state index in [1.54, 1.807) is 37.4 Å². The van der Waals surface area contributed by atoms with Crippen LogP contribution in [-0.2, 0) is 6.61 Å². The first-order valence-electron chi connectivity index (χ1n) is 6.16. The molecule has 0 radical (unpaired) electrons. The van der Waals surface area contributed by atoms with Crippen molar-refractivity contribution in [3.63, 3.8) is 0 Å². The van der Waals surface area contributed by atoms with Crippen LogP contribution in [0, 0.1) is 0 Å². The van der Waals surface area contributed by atoms with Crippen molar-refractivity contribution in [3.05, 3.63) is 52.5 Å². The number of methoxy groups -OCH3 is 1. The van der Waals surface area contributed by atoms with Crippen LogP contribution in [0.5, 0.6) is 11.5 Å².